The Hall–Kier alpha value is -3.36. The number of thioether (sulfide) groups is 1. The fraction of sp³-hybridized carbons (Fsp3) is 0.441. The van der Waals surface area contributed by atoms with Gasteiger partial charge in [-0.1, -0.05) is 55.5 Å². The molecule has 0 saturated carbocycles. The summed E-state index contributed by atoms with van der Waals surface area (Å²) >= 11 is 1.67. The minimum Gasteiger partial charge on any atom is -0.396 e. The zero-order valence-electron chi connectivity index (χ0n) is 24.7. The highest BCUT2D eigenvalue weighted by Crippen LogP contribution is 2.69. The number of para-hydroxylation sites is 2. The number of fused-ring (bicyclic) bond motifs is 1. The third kappa shape index (κ3) is 4.69. The Morgan fingerprint density at radius 1 is 1.02 bits per heavy atom. The standard InChI is InChI=1S/C34H41N3O4S/c1-6-17-35(25-15-9-8-10-16-25)31(39)27-26-21-24(5)34(42-26)28(27)32(40)37(19-12-20-38)30(34)33(41)36(18-7-2)29-22(3)13-11-14-23(29)4/h6-11,13-16,24,26-28,30,38H,1-2,12,17-21H2,3-5H3/t24?,26-,27+,28-,30?,34?/m0/s1. The first-order valence-electron chi connectivity index (χ1n) is 14.8. The highest BCUT2D eigenvalue weighted by Gasteiger charge is 2.76. The first kappa shape index (κ1) is 30.1. The molecule has 5 rings (SSSR count). The van der Waals surface area contributed by atoms with Crippen molar-refractivity contribution >= 4 is 40.9 Å². The molecule has 2 aromatic rings. The second-order valence-corrected chi connectivity index (χ2v) is 13.3. The molecule has 0 aliphatic carbocycles. The third-order valence-electron chi connectivity index (χ3n) is 9.25. The number of aryl methyl sites for hydroxylation is 2. The maximum absolute atomic E-state index is 14.9. The summed E-state index contributed by atoms with van der Waals surface area (Å²) in [6.07, 6.45) is 4.54. The van der Waals surface area contributed by atoms with E-state index in [0.29, 0.717) is 19.5 Å². The van der Waals surface area contributed by atoms with Crippen molar-refractivity contribution in [2.45, 2.75) is 49.7 Å². The monoisotopic (exact) mass is 587 g/mol. The lowest BCUT2D eigenvalue weighted by molar-refractivity contribution is -0.139. The number of nitrogens with zero attached hydrogens (tertiary/aromatic N) is 3. The summed E-state index contributed by atoms with van der Waals surface area (Å²) < 4.78 is -0.749. The van der Waals surface area contributed by atoms with Gasteiger partial charge in [0.15, 0.2) is 0 Å². The maximum atomic E-state index is 14.9. The van der Waals surface area contributed by atoms with E-state index in [1.54, 1.807) is 38.6 Å². The Morgan fingerprint density at radius 2 is 1.67 bits per heavy atom. The van der Waals surface area contributed by atoms with E-state index in [1.807, 2.05) is 62.4 Å². The predicted octanol–water partition coefficient (Wildman–Crippen LogP) is 4.76. The Bertz CT molecular complexity index is 1360. The summed E-state index contributed by atoms with van der Waals surface area (Å²) in [6, 6.07) is 14.7. The van der Waals surface area contributed by atoms with Gasteiger partial charge in [0.25, 0.3) is 5.91 Å². The Labute approximate surface area is 253 Å². The number of aliphatic hydroxyl groups excluding tert-OH is 1. The summed E-state index contributed by atoms with van der Waals surface area (Å²) in [7, 11) is 0. The van der Waals surface area contributed by atoms with Crippen LogP contribution < -0.4 is 9.80 Å². The molecule has 3 saturated heterocycles. The number of likely N-dealkylation sites (tertiary alicyclic amines) is 1. The average Bonchev–Trinajstić information content (AvgIpc) is 3.57. The summed E-state index contributed by atoms with van der Waals surface area (Å²) in [5, 5.41) is 9.67. The van der Waals surface area contributed by atoms with Crippen LogP contribution in [0, 0.1) is 31.6 Å². The van der Waals surface area contributed by atoms with Gasteiger partial charge in [-0.05, 0) is 55.9 Å². The van der Waals surface area contributed by atoms with Crippen LogP contribution in [0.1, 0.15) is 30.9 Å². The van der Waals surface area contributed by atoms with Crippen LogP contribution >= 0.6 is 11.8 Å². The van der Waals surface area contributed by atoms with Gasteiger partial charge < -0.3 is 19.8 Å². The van der Waals surface area contributed by atoms with Gasteiger partial charge in [0.05, 0.1) is 16.6 Å². The molecule has 6 atom stereocenters. The van der Waals surface area contributed by atoms with E-state index in [4.69, 9.17) is 0 Å². The van der Waals surface area contributed by atoms with Crippen molar-refractivity contribution in [2.75, 3.05) is 36.0 Å². The van der Waals surface area contributed by atoms with E-state index in [-0.39, 0.29) is 42.0 Å². The topological polar surface area (TPSA) is 81.2 Å². The van der Waals surface area contributed by atoms with E-state index >= 15 is 0 Å². The number of carbonyl (C=O) groups is 3. The molecular formula is C34H41N3O4S. The second kappa shape index (κ2) is 12.1. The number of rotatable bonds is 11. The Morgan fingerprint density at radius 3 is 2.29 bits per heavy atom. The van der Waals surface area contributed by atoms with Crippen LogP contribution in [0.25, 0.3) is 0 Å². The molecule has 1 spiro atoms. The van der Waals surface area contributed by atoms with Crippen molar-refractivity contribution in [3.63, 3.8) is 0 Å². The second-order valence-electron chi connectivity index (χ2n) is 11.7. The minimum atomic E-state index is -0.757. The van der Waals surface area contributed by atoms with Gasteiger partial charge in [0, 0.05) is 42.9 Å². The largest absolute Gasteiger partial charge is 0.396 e. The number of amides is 3. The van der Waals surface area contributed by atoms with E-state index in [0.717, 1.165) is 28.9 Å². The lowest BCUT2D eigenvalue weighted by Gasteiger charge is -2.41. The molecule has 0 aromatic heterocycles. The van der Waals surface area contributed by atoms with Crippen LogP contribution in [-0.2, 0) is 14.4 Å². The van der Waals surface area contributed by atoms with Crippen LogP contribution in [0.5, 0.6) is 0 Å². The van der Waals surface area contributed by atoms with Crippen molar-refractivity contribution in [3.8, 4) is 0 Å². The number of hydrogen-bond donors (Lipinski definition) is 1. The summed E-state index contributed by atoms with van der Waals surface area (Å²) in [6.45, 7) is 14.7. The van der Waals surface area contributed by atoms with Gasteiger partial charge in [-0.3, -0.25) is 14.4 Å². The first-order chi connectivity index (χ1) is 20.2. The molecule has 3 aliphatic rings. The van der Waals surface area contributed by atoms with Crippen LogP contribution in [0.3, 0.4) is 0 Å². The van der Waals surface area contributed by atoms with E-state index < -0.39 is 22.6 Å². The molecule has 7 nitrogen and oxygen atoms in total. The summed E-state index contributed by atoms with van der Waals surface area (Å²) in [5.74, 6) is -1.55. The number of benzene rings is 2. The molecule has 222 valence electrons. The lowest BCUT2D eigenvalue weighted by atomic mass is 9.65. The van der Waals surface area contributed by atoms with Crippen LogP contribution in [0.4, 0.5) is 11.4 Å². The SMILES string of the molecule is C=CCN(C(=O)[C@@H]1[C@@H]2CC(C)C3(S2)C(C(=O)N(CC=C)c2c(C)cccc2C)N(CCCO)C(=O)[C@H]13)c1ccccc1. The number of hydrogen-bond acceptors (Lipinski definition) is 5. The molecule has 3 amide bonds. The molecule has 3 aliphatic heterocycles. The maximum Gasteiger partial charge on any atom is 0.251 e. The molecule has 3 unspecified atom stereocenters. The Balaban J connectivity index is 1.61. The molecular weight excluding hydrogens is 546 g/mol. The highest BCUT2D eigenvalue weighted by molar-refractivity contribution is 8.02. The highest BCUT2D eigenvalue weighted by atomic mass is 32.2. The van der Waals surface area contributed by atoms with Crippen molar-refractivity contribution in [2.24, 2.45) is 17.8 Å². The van der Waals surface area contributed by atoms with Gasteiger partial charge in [0.1, 0.15) is 6.04 Å². The van der Waals surface area contributed by atoms with Gasteiger partial charge in [-0.25, -0.2) is 0 Å². The van der Waals surface area contributed by atoms with Gasteiger partial charge in [-0.2, -0.15) is 0 Å². The Kier molecular flexibility index (Phi) is 8.67. The fourth-order valence-electron chi connectivity index (χ4n) is 7.60. The van der Waals surface area contributed by atoms with Crippen LogP contribution in [-0.4, -0.2) is 70.0 Å². The molecule has 1 N–H and O–H groups in total. The zero-order valence-corrected chi connectivity index (χ0v) is 25.6. The molecule has 0 radical (unpaired) electrons. The van der Waals surface area contributed by atoms with Crippen LogP contribution in [0.15, 0.2) is 73.8 Å². The smallest absolute Gasteiger partial charge is 0.251 e. The van der Waals surface area contributed by atoms with Gasteiger partial charge in [0.2, 0.25) is 11.8 Å². The third-order valence-corrected chi connectivity index (χ3v) is 11.3. The quantitative estimate of drug-likeness (QED) is 0.384. The molecule has 8 heteroatoms. The molecule has 2 bridgehead atoms. The van der Waals surface area contributed by atoms with Crippen molar-refractivity contribution in [3.05, 3.63) is 85.0 Å². The number of aliphatic hydroxyl groups is 1. The lowest BCUT2D eigenvalue weighted by Crippen LogP contribution is -2.58. The molecule has 2 aromatic carbocycles. The average molecular weight is 588 g/mol. The van der Waals surface area contributed by atoms with Gasteiger partial charge >= 0.3 is 0 Å². The van der Waals surface area contributed by atoms with Crippen LogP contribution in [0.2, 0.25) is 0 Å². The summed E-state index contributed by atoms with van der Waals surface area (Å²) in [4.78, 5) is 48.9. The molecule has 3 fully saturated rings. The first-order valence-corrected chi connectivity index (χ1v) is 15.7. The molecule has 3 heterocycles. The predicted molar refractivity (Wildman–Crippen MR) is 170 cm³/mol. The van der Waals surface area contributed by atoms with Crippen molar-refractivity contribution < 1.29 is 19.5 Å². The minimum absolute atomic E-state index is 0.0479. The zero-order chi connectivity index (χ0) is 30.2. The number of anilines is 2. The molecule has 42 heavy (non-hydrogen) atoms. The van der Waals surface area contributed by atoms with E-state index in [2.05, 4.69) is 20.1 Å². The van der Waals surface area contributed by atoms with Gasteiger partial charge in [-0.15, -0.1) is 24.9 Å². The van der Waals surface area contributed by atoms with Crippen molar-refractivity contribution in [1.82, 2.24) is 4.90 Å². The van der Waals surface area contributed by atoms with Crippen molar-refractivity contribution in [1.29, 1.82) is 0 Å². The normalized spacial score (nSPS) is 27.6. The number of carbonyl (C=O) groups excluding carboxylic acids is 3. The fourth-order valence-corrected chi connectivity index (χ4v) is 10.0. The van der Waals surface area contributed by atoms with E-state index in [9.17, 15) is 19.5 Å². The summed E-state index contributed by atoms with van der Waals surface area (Å²) in [5.41, 5.74) is 3.53. The van der Waals surface area contributed by atoms with E-state index in [1.165, 1.54) is 0 Å².